The van der Waals surface area contributed by atoms with Crippen molar-refractivity contribution in [2.24, 2.45) is 17.7 Å². The van der Waals surface area contributed by atoms with Gasteiger partial charge >= 0.3 is 0 Å². The molecule has 0 aromatic carbocycles. The molecule has 1 aromatic rings. The van der Waals surface area contributed by atoms with Crippen molar-refractivity contribution in [1.29, 1.82) is 0 Å². The van der Waals surface area contributed by atoms with Gasteiger partial charge in [-0.15, -0.1) is 0 Å². The minimum atomic E-state index is 0.188. The van der Waals surface area contributed by atoms with Crippen LogP contribution in [0.25, 0.3) is 0 Å². The first kappa shape index (κ1) is 12.7. The molecule has 3 heteroatoms. The molecule has 0 amide bonds. The van der Waals surface area contributed by atoms with E-state index in [0.29, 0.717) is 5.92 Å². The van der Waals surface area contributed by atoms with Crippen LogP contribution in [0.4, 0.5) is 0 Å². The van der Waals surface area contributed by atoms with Crippen molar-refractivity contribution in [3.63, 3.8) is 0 Å². The Morgan fingerprint density at radius 3 is 2.71 bits per heavy atom. The normalized spacial score (nSPS) is 26.9. The molecule has 1 atom stereocenters. The number of hydrogen-bond donors (Lipinski definition) is 2. The van der Waals surface area contributed by atoms with E-state index in [1.54, 1.807) is 6.26 Å². The quantitative estimate of drug-likeness (QED) is 0.608. The summed E-state index contributed by atoms with van der Waals surface area (Å²) in [6.07, 6.45) is 9.64. The Bertz CT molecular complexity index is 302. The maximum absolute atomic E-state index is 5.68. The second-order valence-electron chi connectivity index (χ2n) is 5.23. The fraction of sp³-hybridized carbons (Fsp3) is 0.714. The van der Waals surface area contributed by atoms with Crippen molar-refractivity contribution in [1.82, 2.24) is 5.43 Å². The standard InChI is InChI=1S/C14H24N2O/c1-2-4-11-6-8-12(9-7-11)14(16-15)13-5-3-10-17-13/h3,5,10-12,14,16H,2,4,6-9,15H2,1H3. The smallest absolute Gasteiger partial charge is 0.122 e. The minimum absolute atomic E-state index is 0.188. The van der Waals surface area contributed by atoms with Crippen LogP contribution in [0.5, 0.6) is 0 Å². The highest BCUT2D eigenvalue weighted by molar-refractivity contribution is 5.06. The molecular weight excluding hydrogens is 212 g/mol. The molecule has 1 fully saturated rings. The lowest BCUT2D eigenvalue weighted by Gasteiger charge is -2.32. The number of hydrazine groups is 1. The lowest BCUT2D eigenvalue weighted by atomic mass is 9.76. The Kier molecular flexibility index (Phi) is 4.63. The summed E-state index contributed by atoms with van der Waals surface area (Å²) in [5, 5.41) is 0. The van der Waals surface area contributed by atoms with E-state index in [2.05, 4.69) is 12.3 Å². The van der Waals surface area contributed by atoms with Crippen LogP contribution in [-0.2, 0) is 0 Å². The molecule has 3 N–H and O–H groups in total. The van der Waals surface area contributed by atoms with Crippen molar-refractivity contribution >= 4 is 0 Å². The maximum Gasteiger partial charge on any atom is 0.122 e. The highest BCUT2D eigenvalue weighted by Gasteiger charge is 2.28. The van der Waals surface area contributed by atoms with Gasteiger partial charge in [-0.25, -0.2) is 5.43 Å². The zero-order valence-electron chi connectivity index (χ0n) is 10.7. The average molecular weight is 236 g/mol. The van der Waals surface area contributed by atoms with Crippen LogP contribution >= 0.6 is 0 Å². The van der Waals surface area contributed by atoms with Gasteiger partial charge in [-0.1, -0.05) is 32.6 Å². The van der Waals surface area contributed by atoms with Crippen molar-refractivity contribution in [3.05, 3.63) is 24.2 Å². The SMILES string of the molecule is CCCC1CCC(C(NN)c2ccco2)CC1. The average Bonchev–Trinajstić information content (AvgIpc) is 2.86. The van der Waals surface area contributed by atoms with E-state index in [9.17, 15) is 0 Å². The second kappa shape index (κ2) is 6.22. The summed E-state index contributed by atoms with van der Waals surface area (Å²) in [6.45, 7) is 2.28. The van der Waals surface area contributed by atoms with Crippen LogP contribution in [0.2, 0.25) is 0 Å². The van der Waals surface area contributed by atoms with Gasteiger partial charge in [0.25, 0.3) is 0 Å². The maximum atomic E-state index is 5.68. The molecule has 1 unspecified atom stereocenters. The molecule has 1 aromatic heterocycles. The molecule has 0 bridgehead atoms. The molecular formula is C14H24N2O. The lowest BCUT2D eigenvalue weighted by molar-refractivity contribution is 0.199. The number of rotatable bonds is 5. The molecule has 0 saturated heterocycles. The fourth-order valence-corrected chi connectivity index (χ4v) is 3.14. The highest BCUT2D eigenvalue weighted by atomic mass is 16.3. The van der Waals surface area contributed by atoms with Crippen LogP contribution in [0.15, 0.2) is 22.8 Å². The summed E-state index contributed by atoms with van der Waals surface area (Å²) < 4.78 is 5.47. The molecule has 1 heterocycles. The summed E-state index contributed by atoms with van der Waals surface area (Å²) >= 11 is 0. The lowest BCUT2D eigenvalue weighted by Crippen LogP contribution is -2.35. The van der Waals surface area contributed by atoms with Gasteiger partial charge < -0.3 is 4.42 Å². The Balaban J connectivity index is 1.90. The molecule has 2 rings (SSSR count). The Morgan fingerprint density at radius 1 is 1.41 bits per heavy atom. The van der Waals surface area contributed by atoms with E-state index < -0.39 is 0 Å². The minimum Gasteiger partial charge on any atom is -0.468 e. The van der Waals surface area contributed by atoms with E-state index in [0.717, 1.165) is 11.7 Å². The highest BCUT2D eigenvalue weighted by Crippen LogP contribution is 2.38. The van der Waals surface area contributed by atoms with Crippen LogP contribution in [0.3, 0.4) is 0 Å². The molecule has 1 saturated carbocycles. The van der Waals surface area contributed by atoms with Gasteiger partial charge in [0.2, 0.25) is 0 Å². The summed E-state index contributed by atoms with van der Waals surface area (Å²) in [6, 6.07) is 4.14. The van der Waals surface area contributed by atoms with Gasteiger partial charge in [-0.2, -0.15) is 0 Å². The topological polar surface area (TPSA) is 51.2 Å². The Morgan fingerprint density at radius 2 is 2.18 bits per heavy atom. The van der Waals surface area contributed by atoms with Crippen LogP contribution in [-0.4, -0.2) is 0 Å². The summed E-state index contributed by atoms with van der Waals surface area (Å²) in [7, 11) is 0. The predicted molar refractivity (Wildman–Crippen MR) is 69.1 cm³/mol. The summed E-state index contributed by atoms with van der Waals surface area (Å²) in [5.41, 5.74) is 2.93. The fourth-order valence-electron chi connectivity index (χ4n) is 3.14. The monoisotopic (exact) mass is 236 g/mol. The number of hydrogen-bond acceptors (Lipinski definition) is 3. The molecule has 0 aliphatic heterocycles. The van der Waals surface area contributed by atoms with Gasteiger partial charge in [0.1, 0.15) is 5.76 Å². The van der Waals surface area contributed by atoms with Gasteiger partial charge in [0.15, 0.2) is 0 Å². The third kappa shape index (κ3) is 3.11. The second-order valence-corrected chi connectivity index (χ2v) is 5.23. The van der Waals surface area contributed by atoms with Gasteiger partial charge in [-0.05, 0) is 36.8 Å². The van der Waals surface area contributed by atoms with Crippen molar-refractivity contribution in [3.8, 4) is 0 Å². The van der Waals surface area contributed by atoms with Crippen LogP contribution < -0.4 is 11.3 Å². The molecule has 0 radical (unpaired) electrons. The first-order valence-corrected chi connectivity index (χ1v) is 6.84. The molecule has 1 aliphatic rings. The van der Waals surface area contributed by atoms with E-state index in [1.807, 2.05) is 12.1 Å². The molecule has 0 spiro atoms. The van der Waals surface area contributed by atoms with E-state index in [4.69, 9.17) is 10.3 Å². The Labute approximate surface area is 104 Å². The molecule has 1 aliphatic carbocycles. The number of nitrogens with two attached hydrogens (primary N) is 1. The third-order valence-electron chi connectivity index (χ3n) is 4.09. The largest absolute Gasteiger partial charge is 0.468 e. The number of nitrogens with one attached hydrogen (secondary N) is 1. The first-order valence-electron chi connectivity index (χ1n) is 6.84. The van der Waals surface area contributed by atoms with Crippen molar-refractivity contribution in [2.45, 2.75) is 51.5 Å². The third-order valence-corrected chi connectivity index (χ3v) is 4.09. The summed E-state index contributed by atoms with van der Waals surface area (Å²) in [5.74, 6) is 8.22. The predicted octanol–water partition coefficient (Wildman–Crippen LogP) is 3.39. The molecule has 17 heavy (non-hydrogen) atoms. The molecule has 3 nitrogen and oxygen atoms in total. The van der Waals surface area contributed by atoms with Crippen LogP contribution in [0, 0.1) is 11.8 Å². The molecule has 96 valence electrons. The van der Waals surface area contributed by atoms with E-state index in [1.165, 1.54) is 38.5 Å². The van der Waals surface area contributed by atoms with Gasteiger partial charge in [0, 0.05) is 0 Å². The Hall–Kier alpha value is -0.800. The van der Waals surface area contributed by atoms with E-state index in [-0.39, 0.29) is 6.04 Å². The van der Waals surface area contributed by atoms with Crippen molar-refractivity contribution in [2.75, 3.05) is 0 Å². The van der Waals surface area contributed by atoms with Gasteiger partial charge in [-0.3, -0.25) is 5.84 Å². The van der Waals surface area contributed by atoms with E-state index >= 15 is 0 Å². The zero-order chi connectivity index (χ0) is 12.1. The zero-order valence-corrected chi connectivity index (χ0v) is 10.7. The van der Waals surface area contributed by atoms with Crippen LogP contribution in [0.1, 0.15) is 57.3 Å². The number of furan rings is 1. The first-order chi connectivity index (χ1) is 8.35. The van der Waals surface area contributed by atoms with Gasteiger partial charge in [0.05, 0.1) is 12.3 Å². The van der Waals surface area contributed by atoms with Crippen molar-refractivity contribution < 1.29 is 4.42 Å². The summed E-state index contributed by atoms with van der Waals surface area (Å²) in [4.78, 5) is 0.